The van der Waals surface area contributed by atoms with Crippen LogP contribution in [0.15, 0.2) is 32.9 Å². The third-order valence-corrected chi connectivity index (χ3v) is 6.75. The second kappa shape index (κ2) is 11.0. The first-order valence-corrected chi connectivity index (χ1v) is 10.9. The Balaban J connectivity index is 1.65. The van der Waals surface area contributed by atoms with Crippen LogP contribution in [-0.4, -0.2) is 27.6 Å². The van der Waals surface area contributed by atoms with Gasteiger partial charge in [-0.3, -0.25) is 4.79 Å². The van der Waals surface area contributed by atoms with Gasteiger partial charge in [-0.1, -0.05) is 78.0 Å². The highest BCUT2D eigenvalue weighted by atomic mass is 35.5. The SMILES string of the molecule is CCCCSc1nnc(SCCC(=O)NCc2ccccc2Cl)s1. The molecule has 130 valence electrons. The molecule has 0 atom stereocenters. The number of nitrogens with one attached hydrogen (secondary N) is 1. The van der Waals surface area contributed by atoms with Crippen LogP contribution in [0.25, 0.3) is 0 Å². The number of nitrogens with zero attached hydrogens (tertiary/aromatic N) is 2. The van der Waals surface area contributed by atoms with E-state index in [-0.39, 0.29) is 5.91 Å². The minimum Gasteiger partial charge on any atom is -0.352 e. The fourth-order valence-corrected chi connectivity index (χ4v) is 5.16. The van der Waals surface area contributed by atoms with E-state index in [1.807, 2.05) is 24.3 Å². The third kappa shape index (κ3) is 7.01. The second-order valence-electron chi connectivity index (χ2n) is 5.00. The maximum Gasteiger partial charge on any atom is 0.221 e. The van der Waals surface area contributed by atoms with Crippen LogP contribution in [0.5, 0.6) is 0 Å². The highest BCUT2D eigenvalue weighted by molar-refractivity contribution is 8.03. The van der Waals surface area contributed by atoms with Crippen molar-refractivity contribution in [1.29, 1.82) is 0 Å². The summed E-state index contributed by atoms with van der Waals surface area (Å²) in [5.74, 6) is 1.80. The van der Waals surface area contributed by atoms with Gasteiger partial charge in [0.25, 0.3) is 0 Å². The van der Waals surface area contributed by atoms with Gasteiger partial charge < -0.3 is 5.32 Å². The summed E-state index contributed by atoms with van der Waals surface area (Å²) in [7, 11) is 0. The quantitative estimate of drug-likeness (QED) is 0.454. The number of aromatic nitrogens is 2. The molecule has 0 aliphatic carbocycles. The lowest BCUT2D eigenvalue weighted by Gasteiger charge is -2.06. The standard InChI is InChI=1S/C16H20ClN3OS3/c1-2-3-9-22-15-19-20-16(24-15)23-10-8-14(21)18-11-12-6-4-5-7-13(12)17/h4-7H,2-3,8-11H2,1H3,(H,18,21). The molecule has 1 aromatic heterocycles. The summed E-state index contributed by atoms with van der Waals surface area (Å²) in [6.07, 6.45) is 2.84. The Morgan fingerprint density at radius 3 is 2.62 bits per heavy atom. The van der Waals surface area contributed by atoms with Crippen LogP contribution in [0.2, 0.25) is 5.02 Å². The number of rotatable bonds is 10. The van der Waals surface area contributed by atoms with Crippen molar-refractivity contribution in [2.45, 2.75) is 41.4 Å². The Kier molecular flexibility index (Phi) is 8.94. The van der Waals surface area contributed by atoms with Gasteiger partial charge in [0, 0.05) is 29.5 Å². The van der Waals surface area contributed by atoms with Crippen LogP contribution in [0.1, 0.15) is 31.7 Å². The first kappa shape index (κ1) is 19.6. The van der Waals surface area contributed by atoms with E-state index in [0.717, 1.165) is 20.0 Å². The summed E-state index contributed by atoms with van der Waals surface area (Å²) < 4.78 is 1.93. The molecule has 0 unspecified atom stereocenters. The predicted octanol–water partition coefficient (Wildman–Crippen LogP) is 4.88. The van der Waals surface area contributed by atoms with Crippen molar-refractivity contribution in [1.82, 2.24) is 15.5 Å². The predicted molar refractivity (Wildman–Crippen MR) is 104 cm³/mol. The number of halogens is 1. The fraction of sp³-hybridized carbons (Fsp3) is 0.438. The van der Waals surface area contributed by atoms with Crippen LogP contribution in [0.4, 0.5) is 0 Å². The number of carbonyl (C=O) groups is 1. The van der Waals surface area contributed by atoms with Gasteiger partial charge in [-0.05, 0) is 18.1 Å². The van der Waals surface area contributed by atoms with E-state index in [2.05, 4.69) is 22.4 Å². The maximum absolute atomic E-state index is 11.9. The van der Waals surface area contributed by atoms with Crippen LogP contribution in [-0.2, 0) is 11.3 Å². The molecule has 0 radical (unpaired) electrons. The highest BCUT2D eigenvalue weighted by Gasteiger charge is 2.08. The lowest BCUT2D eigenvalue weighted by molar-refractivity contribution is -0.120. The van der Waals surface area contributed by atoms with E-state index >= 15 is 0 Å². The fourth-order valence-electron chi connectivity index (χ4n) is 1.77. The van der Waals surface area contributed by atoms with Gasteiger partial charge in [-0.2, -0.15) is 0 Å². The maximum atomic E-state index is 11.9. The Morgan fingerprint density at radius 1 is 1.21 bits per heavy atom. The Labute approximate surface area is 160 Å². The molecule has 8 heteroatoms. The molecule has 0 bridgehead atoms. The van der Waals surface area contributed by atoms with Gasteiger partial charge in [0.05, 0.1) is 0 Å². The Hall–Kier alpha value is -0.760. The van der Waals surface area contributed by atoms with E-state index in [1.165, 1.54) is 12.8 Å². The first-order chi connectivity index (χ1) is 11.7. The largest absolute Gasteiger partial charge is 0.352 e. The molecule has 2 aromatic rings. The monoisotopic (exact) mass is 401 g/mol. The third-order valence-electron chi connectivity index (χ3n) is 3.10. The molecule has 0 saturated carbocycles. The van der Waals surface area contributed by atoms with Crippen molar-refractivity contribution in [2.75, 3.05) is 11.5 Å². The number of benzene rings is 1. The first-order valence-electron chi connectivity index (χ1n) is 7.78. The lowest BCUT2D eigenvalue weighted by Crippen LogP contribution is -2.23. The minimum absolute atomic E-state index is 0.0180. The summed E-state index contributed by atoms with van der Waals surface area (Å²) >= 11 is 11.0. The van der Waals surface area contributed by atoms with Gasteiger partial charge >= 0.3 is 0 Å². The van der Waals surface area contributed by atoms with Crippen LogP contribution >= 0.6 is 46.5 Å². The molecule has 24 heavy (non-hydrogen) atoms. The number of thioether (sulfide) groups is 2. The van der Waals surface area contributed by atoms with Crippen molar-refractivity contribution in [3.05, 3.63) is 34.9 Å². The molecular weight excluding hydrogens is 382 g/mol. The van der Waals surface area contributed by atoms with Crippen LogP contribution in [0, 0.1) is 0 Å². The van der Waals surface area contributed by atoms with E-state index in [0.29, 0.717) is 23.7 Å². The molecule has 0 saturated heterocycles. The average molecular weight is 402 g/mol. The number of hydrogen-bond acceptors (Lipinski definition) is 6. The van der Waals surface area contributed by atoms with Gasteiger partial charge in [0.2, 0.25) is 5.91 Å². The molecule has 1 aromatic carbocycles. The van der Waals surface area contributed by atoms with Crippen molar-refractivity contribution in [3.63, 3.8) is 0 Å². The molecule has 0 aliphatic heterocycles. The zero-order chi connectivity index (χ0) is 17.2. The smallest absolute Gasteiger partial charge is 0.221 e. The molecule has 1 amide bonds. The number of hydrogen-bond donors (Lipinski definition) is 1. The summed E-state index contributed by atoms with van der Waals surface area (Å²) in [6, 6.07) is 7.52. The molecule has 0 aliphatic rings. The summed E-state index contributed by atoms with van der Waals surface area (Å²) in [5.41, 5.74) is 0.929. The van der Waals surface area contributed by atoms with E-state index < -0.39 is 0 Å². The number of carbonyl (C=O) groups excluding carboxylic acids is 1. The molecule has 1 heterocycles. The zero-order valence-corrected chi connectivity index (χ0v) is 16.7. The van der Waals surface area contributed by atoms with E-state index in [9.17, 15) is 4.79 Å². The number of amides is 1. The molecule has 0 spiro atoms. The Morgan fingerprint density at radius 2 is 1.92 bits per heavy atom. The molecule has 0 fully saturated rings. The Bertz CT molecular complexity index is 651. The normalized spacial score (nSPS) is 10.8. The van der Waals surface area contributed by atoms with Crippen molar-refractivity contribution in [2.24, 2.45) is 0 Å². The molecule has 2 rings (SSSR count). The van der Waals surface area contributed by atoms with Gasteiger partial charge in [0.1, 0.15) is 0 Å². The van der Waals surface area contributed by atoms with Crippen molar-refractivity contribution < 1.29 is 4.79 Å². The van der Waals surface area contributed by atoms with Gasteiger partial charge in [0.15, 0.2) is 8.68 Å². The van der Waals surface area contributed by atoms with E-state index in [4.69, 9.17) is 11.6 Å². The molecule has 1 N–H and O–H groups in total. The van der Waals surface area contributed by atoms with Crippen molar-refractivity contribution >= 4 is 52.4 Å². The van der Waals surface area contributed by atoms with Crippen LogP contribution < -0.4 is 5.32 Å². The summed E-state index contributed by atoms with van der Waals surface area (Å²) in [5, 5.41) is 11.9. The topological polar surface area (TPSA) is 54.9 Å². The second-order valence-corrected chi connectivity index (χ2v) is 9.07. The van der Waals surface area contributed by atoms with Gasteiger partial charge in [-0.15, -0.1) is 10.2 Å². The number of unbranched alkanes of at least 4 members (excludes halogenated alkanes) is 1. The van der Waals surface area contributed by atoms with Crippen molar-refractivity contribution in [3.8, 4) is 0 Å². The van der Waals surface area contributed by atoms with Gasteiger partial charge in [-0.25, -0.2) is 0 Å². The minimum atomic E-state index is 0.0180. The van der Waals surface area contributed by atoms with E-state index in [1.54, 1.807) is 34.9 Å². The zero-order valence-electron chi connectivity index (χ0n) is 13.5. The summed E-state index contributed by atoms with van der Waals surface area (Å²) in [6.45, 7) is 2.64. The average Bonchev–Trinajstić information content (AvgIpc) is 3.02. The molecular formula is C16H20ClN3OS3. The lowest BCUT2D eigenvalue weighted by atomic mass is 10.2. The highest BCUT2D eigenvalue weighted by Crippen LogP contribution is 2.29. The summed E-state index contributed by atoms with van der Waals surface area (Å²) in [4.78, 5) is 11.9. The van der Waals surface area contributed by atoms with Crippen LogP contribution in [0.3, 0.4) is 0 Å². The molecule has 4 nitrogen and oxygen atoms in total.